The Morgan fingerprint density at radius 2 is 2.12 bits per heavy atom. The van der Waals surface area contributed by atoms with E-state index in [1.807, 2.05) is 30.3 Å². The molecule has 1 rings (SSSR count). The number of esters is 1. The third-order valence-corrected chi connectivity index (χ3v) is 4.45. The number of carbonyl (C=O) groups excluding carboxylic acids is 1. The molecule has 17 heavy (non-hydrogen) atoms. The highest BCUT2D eigenvalue weighted by atomic mass is 28.3. The Kier molecular flexibility index (Phi) is 6.28. The molecule has 0 N–H and O–H groups in total. The Morgan fingerprint density at radius 3 is 2.71 bits per heavy atom. The van der Waals surface area contributed by atoms with Crippen LogP contribution in [-0.2, 0) is 20.6 Å². The zero-order valence-corrected chi connectivity index (χ0v) is 11.2. The Morgan fingerprint density at radius 1 is 1.41 bits per heavy atom. The third-order valence-electron chi connectivity index (χ3n) is 2.36. The molecule has 0 aliphatic carbocycles. The molecule has 0 saturated carbocycles. The first-order valence-corrected chi connectivity index (χ1v) is 7.81. The minimum atomic E-state index is -1.44. The summed E-state index contributed by atoms with van der Waals surface area (Å²) in [6, 6.07) is 10.9. The van der Waals surface area contributed by atoms with Gasteiger partial charge >= 0.3 is 5.97 Å². The Hall–Kier alpha value is -1.39. The molecular weight excluding hydrogens is 232 g/mol. The van der Waals surface area contributed by atoms with Crippen molar-refractivity contribution in [2.24, 2.45) is 0 Å². The van der Waals surface area contributed by atoms with Gasteiger partial charge in [0.1, 0.15) is 6.23 Å². The van der Waals surface area contributed by atoms with E-state index in [9.17, 15) is 4.79 Å². The highest BCUT2D eigenvalue weighted by molar-refractivity contribution is 6.51. The van der Waals surface area contributed by atoms with E-state index in [-0.39, 0.29) is 5.97 Å². The van der Waals surface area contributed by atoms with Crippen molar-refractivity contribution in [2.75, 3.05) is 6.23 Å². The molecule has 0 saturated heterocycles. The number of carbonyl (C=O) groups is 1. The maximum Gasteiger partial charge on any atom is 0.329 e. The monoisotopic (exact) mass is 250 g/mol. The topological polar surface area (TPSA) is 35.5 Å². The lowest BCUT2D eigenvalue weighted by atomic mass is 10.2. The van der Waals surface area contributed by atoms with E-state index in [1.54, 1.807) is 0 Å². The van der Waals surface area contributed by atoms with Crippen LogP contribution in [0.2, 0.25) is 6.04 Å². The van der Waals surface area contributed by atoms with Gasteiger partial charge in [0.25, 0.3) is 0 Å². The summed E-state index contributed by atoms with van der Waals surface area (Å²) in [5.74, 6) is -0.376. The number of hydrogen-bond acceptors (Lipinski definition) is 3. The Bertz CT molecular complexity index is 351. The number of rotatable bonds is 7. The fraction of sp³-hybridized carbons (Fsp3) is 0.308. The predicted octanol–water partition coefficient (Wildman–Crippen LogP) is 2.22. The van der Waals surface area contributed by atoms with Gasteiger partial charge in [0, 0.05) is 6.08 Å². The second kappa shape index (κ2) is 7.81. The lowest BCUT2D eigenvalue weighted by Gasteiger charge is -2.14. The highest BCUT2D eigenvalue weighted by Gasteiger charge is 2.11. The van der Waals surface area contributed by atoms with Gasteiger partial charge in [0.05, 0.1) is 6.61 Å². The highest BCUT2D eigenvalue weighted by Crippen LogP contribution is 2.04. The van der Waals surface area contributed by atoms with Gasteiger partial charge in [-0.05, 0) is 11.6 Å². The molecule has 0 amide bonds. The molecule has 92 valence electrons. The third kappa shape index (κ3) is 5.47. The molecule has 0 heterocycles. The second-order valence-corrected chi connectivity index (χ2v) is 6.39. The average Bonchev–Trinajstić information content (AvgIpc) is 2.39. The van der Waals surface area contributed by atoms with E-state index in [1.165, 1.54) is 6.08 Å². The molecule has 1 aromatic rings. The number of benzene rings is 1. The Balaban J connectivity index is 2.32. The Labute approximate surface area is 104 Å². The van der Waals surface area contributed by atoms with Crippen LogP contribution in [0.5, 0.6) is 0 Å². The van der Waals surface area contributed by atoms with Crippen molar-refractivity contribution in [3.05, 3.63) is 48.6 Å². The van der Waals surface area contributed by atoms with Crippen molar-refractivity contribution in [2.45, 2.75) is 19.6 Å². The minimum Gasteiger partial charge on any atom is -0.464 e. The molecule has 1 aromatic carbocycles. The van der Waals surface area contributed by atoms with Crippen LogP contribution in [0.3, 0.4) is 0 Å². The normalized spacial score (nSPS) is 11.8. The van der Waals surface area contributed by atoms with Crippen molar-refractivity contribution in [1.82, 2.24) is 0 Å². The molecule has 3 nitrogen and oxygen atoms in total. The molecule has 1 atom stereocenters. The van der Waals surface area contributed by atoms with Gasteiger partial charge in [-0.15, -0.1) is 0 Å². The number of hydrogen-bond donors (Lipinski definition) is 0. The van der Waals surface area contributed by atoms with Gasteiger partial charge in [-0.3, -0.25) is 0 Å². The molecule has 0 aromatic heterocycles. The predicted molar refractivity (Wildman–Crippen MR) is 70.0 cm³/mol. The van der Waals surface area contributed by atoms with E-state index in [2.05, 4.69) is 13.5 Å². The molecular formula is C13H18O3Si. The standard InChI is InChI=1S/C13H18O3Si/c1-3-13(14)15-11-17(4-2)16-10-12-8-6-5-7-9-12/h3,5-9,17H,1,4,10-11H2,2H3. The largest absolute Gasteiger partial charge is 0.464 e. The van der Waals surface area contributed by atoms with Crippen LogP contribution in [0.1, 0.15) is 12.5 Å². The first kappa shape index (κ1) is 13.7. The van der Waals surface area contributed by atoms with E-state index in [4.69, 9.17) is 9.16 Å². The van der Waals surface area contributed by atoms with Crippen molar-refractivity contribution in [3.8, 4) is 0 Å². The SMILES string of the molecule is C=CC(=O)OC[SiH](CC)OCc1ccccc1. The second-order valence-electron chi connectivity index (χ2n) is 3.66. The maximum absolute atomic E-state index is 10.9. The summed E-state index contributed by atoms with van der Waals surface area (Å²) in [4.78, 5) is 10.9. The first-order chi connectivity index (χ1) is 8.26. The molecule has 0 aliphatic heterocycles. The van der Waals surface area contributed by atoms with Gasteiger partial charge in [0.15, 0.2) is 0 Å². The quantitative estimate of drug-likeness (QED) is 0.423. The molecule has 4 heteroatoms. The van der Waals surface area contributed by atoms with Crippen molar-refractivity contribution in [3.63, 3.8) is 0 Å². The van der Waals surface area contributed by atoms with Gasteiger partial charge in [0.2, 0.25) is 9.04 Å². The van der Waals surface area contributed by atoms with Crippen LogP contribution >= 0.6 is 0 Å². The fourth-order valence-electron chi connectivity index (χ4n) is 1.31. The summed E-state index contributed by atoms with van der Waals surface area (Å²) in [6.45, 7) is 6.01. The lowest BCUT2D eigenvalue weighted by Crippen LogP contribution is -2.25. The fourth-order valence-corrected chi connectivity index (χ4v) is 2.65. The van der Waals surface area contributed by atoms with Crippen LogP contribution in [0.4, 0.5) is 0 Å². The van der Waals surface area contributed by atoms with E-state index in [0.717, 1.165) is 11.6 Å². The van der Waals surface area contributed by atoms with Gasteiger partial charge in [-0.2, -0.15) is 0 Å². The lowest BCUT2D eigenvalue weighted by molar-refractivity contribution is -0.136. The van der Waals surface area contributed by atoms with E-state index in [0.29, 0.717) is 12.8 Å². The van der Waals surface area contributed by atoms with E-state index < -0.39 is 9.04 Å². The molecule has 0 bridgehead atoms. The minimum absolute atomic E-state index is 0.376. The van der Waals surface area contributed by atoms with Crippen LogP contribution < -0.4 is 0 Å². The summed E-state index contributed by atoms with van der Waals surface area (Å²) >= 11 is 0. The zero-order valence-electron chi connectivity index (χ0n) is 10.1. The van der Waals surface area contributed by atoms with Gasteiger partial charge in [-0.1, -0.05) is 43.8 Å². The summed E-state index contributed by atoms with van der Waals surface area (Å²) in [7, 11) is -1.44. The maximum atomic E-state index is 10.9. The van der Waals surface area contributed by atoms with Crippen LogP contribution in [0, 0.1) is 0 Å². The number of ether oxygens (including phenoxy) is 1. The molecule has 0 radical (unpaired) electrons. The molecule has 1 unspecified atom stereocenters. The first-order valence-electron chi connectivity index (χ1n) is 5.71. The summed E-state index contributed by atoms with van der Waals surface area (Å²) in [5, 5.41) is 0. The zero-order chi connectivity index (χ0) is 12.5. The van der Waals surface area contributed by atoms with Crippen molar-refractivity contribution in [1.29, 1.82) is 0 Å². The van der Waals surface area contributed by atoms with Gasteiger partial charge < -0.3 is 9.16 Å². The summed E-state index contributed by atoms with van der Waals surface area (Å²) < 4.78 is 10.8. The van der Waals surface area contributed by atoms with Crippen LogP contribution in [0.25, 0.3) is 0 Å². The van der Waals surface area contributed by atoms with Crippen LogP contribution in [0.15, 0.2) is 43.0 Å². The molecule has 0 spiro atoms. The summed E-state index contributed by atoms with van der Waals surface area (Å²) in [6.07, 6.45) is 1.59. The van der Waals surface area contributed by atoms with Crippen LogP contribution in [-0.4, -0.2) is 21.2 Å². The smallest absolute Gasteiger partial charge is 0.329 e. The summed E-state index contributed by atoms with van der Waals surface area (Å²) in [5.41, 5.74) is 1.15. The van der Waals surface area contributed by atoms with Crippen molar-refractivity contribution < 1.29 is 14.0 Å². The van der Waals surface area contributed by atoms with E-state index >= 15 is 0 Å². The van der Waals surface area contributed by atoms with Crippen molar-refractivity contribution >= 4 is 15.0 Å². The molecule has 0 aliphatic rings. The molecule has 0 fully saturated rings. The van der Waals surface area contributed by atoms with Gasteiger partial charge in [-0.25, -0.2) is 4.79 Å². The average molecular weight is 250 g/mol.